The smallest absolute Gasteiger partial charge is 0.0680 e. The molecule has 0 heterocycles. The molecular weight excluding hydrogens is 172 g/mol. The fraction of sp³-hybridized carbons (Fsp3) is 0.500. The Morgan fingerprint density at radius 2 is 1.71 bits per heavy atom. The molecule has 0 amide bonds. The first-order valence-electron chi connectivity index (χ1n) is 5.00. The van der Waals surface area contributed by atoms with Gasteiger partial charge in [-0.1, -0.05) is 18.2 Å². The molecular formula is C12H20N2. The summed E-state index contributed by atoms with van der Waals surface area (Å²) in [6.07, 6.45) is 0. The van der Waals surface area contributed by atoms with Crippen molar-refractivity contribution in [3.05, 3.63) is 30.3 Å². The van der Waals surface area contributed by atoms with Crippen LogP contribution >= 0.6 is 0 Å². The van der Waals surface area contributed by atoms with Crippen LogP contribution in [0.4, 0.5) is 5.69 Å². The number of nitrogens with one attached hydrogen (secondary N) is 1. The zero-order chi connectivity index (χ0) is 10.6. The van der Waals surface area contributed by atoms with Gasteiger partial charge in [-0.15, -0.1) is 0 Å². The van der Waals surface area contributed by atoms with Crippen molar-refractivity contribution in [2.24, 2.45) is 0 Å². The molecule has 1 aromatic rings. The summed E-state index contributed by atoms with van der Waals surface area (Å²) in [5.41, 5.74) is 1.38. The molecule has 78 valence electrons. The first-order valence-corrected chi connectivity index (χ1v) is 5.00. The molecule has 0 atom stereocenters. The molecule has 1 rings (SSSR count). The highest BCUT2D eigenvalue weighted by atomic mass is 15.2. The summed E-state index contributed by atoms with van der Waals surface area (Å²) in [4.78, 5) is 2.28. The summed E-state index contributed by atoms with van der Waals surface area (Å²) in [5, 5.41) is 3.38. The monoisotopic (exact) mass is 192 g/mol. The molecule has 0 saturated heterocycles. The largest absolute Gasteiger partial charge is 0.372 e. The highest BCUT2D eigenvalue weighted by molar-refractivity contribution is 5.42. The summed E-state index contributed by atoms with van der Waals surface area (Å²) in [5.74, 6) is 0. The van der Waals surface area contributed by atoms with Crippen molar-refractivity contribution >= 4 is 5.69 Å². The second-order valence-electron chi connectivity index (χ2n) is 4.57. The van der Waals surface area contributed by atoms with E-state index < -0.39 is 0 Å². The number of para-hydroxylation sites is 1. The van der Waals surface area contributed by atoms with E-state index in [4.69, 9.17) is 0 Å². The van der Waals surface area contributed by atoms with E-state index in [1.54, 1.807) is 0 Å². The third-order valence-electron chi connectivity index (χ3n) is 2.44. The van der Waals surface area contributed by atoms with Gasteiger partial charge >= 0.3 is 0 Å². The van der Waals surface area contributed by atoms with E-state index in [1.165, 1.54) is 5.69 Å². The van der Waals surface area contributed by atoms with E-state index in [9.17, 15) is 0 Å². The third kappa shape index (κ3) is 3.38. The first kappa shape index (κ1) is 11.1. The molecule has 0 spiro atoms. The van der Waals surface area contributed by atoms with Crippen LogP contribution < -0.4 is 5.32 Å². The van der Waals surface area contributed by atoms with Crippen LogP contribution in [-0.2, 0) is 0 Å². The molecule has 0 unspecified atom stereocenters. The van der Waals surface area contributed by atoms with Crippen LogP contribution in [0, 0.1) is 0 Å². The predicted octanol–water partition coefficient (Wildman–Crippen LogP) is 2.79. The van der Waals surface area contributed by atoms with E-state index in [0.29, 0.717) is 0 Å². The maximum absolute atomic E-state index is 3.38. The number of rotatable bonds is 3. The van der Waals surface area contributed by atoms with Gasteiger partial charge in [0.05, 0.1) is 6.67 Å². The molecule has 0 aromatic heterocycles. The van der Waals surface area contributed by atoms with Crippen molar-refractivity contribution in [2.75, 3.05) is 19.0 Å². The Bertz CT molecular complexity index is 261. The maximum Gasteiger partial charge on any atom is 0.0680 e. The lowest BCUT2D eigenvalue weighted by Gasteiger charge is -2.32. The van der Waals surface area contributed by atoms with Gasteiger partial charge in [0.1, 0.15) is 0 Å². The van der Waals surface area contributed by atoms with E-state index in [0.717, 1.165) is 6.67 Å². The zero-order valence-electron chi connectivity index (χ0n) is 9.54. The average molecular weight is 192 g/mol. The quantitative estimate of drug-likeness (QED) is 0.741. The lowest BCUT2D eigenvalue weighted by molar-refractivity contribution is 0.188. The second kappa shape index (κ2) is 4.47. The lowest BCUT2D eigenvalue weighted by atomic mass is 10.1. The molecule has 0 aliphatic carbocycles. The van der Waals surface area contributed by atoms with Crippen LogP contribution in [0.2, 0.25) is 0 Å². The van der Waals surface area contributed by atoms with Crippen LogP contribution in [0.25, 0.3) is 0 Å². The van der Waals surface area contributed by atoms with Gasteiger partial charge in [0.2, 0.25) is 0 Å². The molecule has 0 aliphatic rings. The molecule has 2 heteroatoms. The molecule has 2 nitrogen and oxygen atoms in total. The molecule has 1 aromatic carbocycles. The van der Waals surface area contributed by atoms with Crippen LogP contribution in [0.3, 0.4) is 0 Å². The van der Waals surface area contributed by atoms with E-state index in [-0.39, 0.29) is 5.54 Å². The average Bonchev–Trinajstić information content (AvgIpc) is 2.14. The Balaban J connectivity index is 2.42. The number of nitrogens with zero attached hydrogens (tertiary/aromatic N) is 1. The van der Waals surface area contributed by atoms with Gasteiger partial charge in [0.15, 0.2) is 0 Å². The van der Waals surface area contributed by atoms with Gasteiger partial charge in [0, 0.05) is 11.2 Å². The summed E-state index contributed by atoms with van der Waals surface area (Å²) in [7, 11) is 2.12. The fourth-order valence-corrected chi connectivity index (χ4v) is 1.00. The second-order valence-corrected chi connectivity index (χ2v) is 4.57. The van der Waals surface area contributed by atoms with Gasteiger partial charge < -0.3 is 5.32 Å². The van der Waals surface area contributed by atoms with Crippen molar-refractivity contribution in [3.8, 4) is 0 Å². The summed E-state index contributed by atoms with van der Waals surface area (Å²) >= 11 is 0. The number of hydrogen-bond donors (Lipinski definition) is 1. The minimum absolute atomic E-state index is 0.210. The Morgan fingerprint density at radius 1 is 1.14 bits per heavy atom. The highest BCUT2D eigenvalue weighted by Crippen LogP contribution is 2.11. The van der Waals surface area contributed by atoms with E-state index >= 15 is 0 Å². The summed E-state index contributed by atoms with van der Waals surface area (Å²) in [6.45, 7) is 7.49. The molecule has 0 saturated carbocycles. The fourth-order valence-electron chi connectivity index (χ4n) is 1.00. The van der Waals surface area contributed by atoms with Gasteiger partial charge in [0.25, 0.3) is 0 Å². The molecule has 14 heavy (non-hydrogen) atoms. The van der Waals surface area contributed by atoms with Crippen molar-refractivity contribution < 1.29 is 0 Å². The summed E-state index contributed by atoms with van der Waals surface area (Å²) in [6, 6.07) is 10.3. The van der Waals surface area contributed by atoms with Crippen LogP contribution in [0.15, 0.2) is 30.3 Å². The van der Waals surface area contributed by atoms with Crippen LogP contribution in [0.5, 0.6) is 0 Å². The standard InChI is InChI=1S/C12H20N2/c1-12(2,3)14(4)10-13-11-8-6-5-7-9-11/h5-9,13H,10H2,1-4H3. The minimum Gasteiger partial charge on any atom is -0.372 e. The summed E-state index contributed by atoms with van der Waals surface area (Å²) < 4.78 is 0. The van der Waals surface area contributed by atoms with Gasteiger partial charge in [-0.3, -0.25) is 4.90 Å². The molecule has 0 radical (unpaired) electrons. The highest BCUT2D eigenvalue weighted by Gasteiger charge is 2.15. The maximum atomic E-state index is 3.38. The topological polar surface area (TPSA) is 15.3 Å². The van der Waals surface area contributed by atoms with Crippen molar-refractivity contribution in [2.45, 2.75) is 26.3 Å². The predicted molar refractivity (Wildman–Crippen MR) is 62.4 cm³/mol. The minimum atomic E-state index is 0.210. The Kier molecular flexibility index (Phi) is 3.53. The molecule has 1 N–H and O–H groups in total. The van der Waals surface area contributed by atoms with Gasteiger partial charge in [-0.25, -0.2) is 0 Å². The van der Waals surface area contributed by atoms with Crippen LogP contribution in [-0.4, -0.2) is 24.2 Å². The lowest BCUT2D eigenvalue weighted by Crippen LogP contribution is -2.41. The van der Waals surface area contributed by atoms with Gasteiger partial charge in [-0.2, -0.15) is 0 Å². The normalized spacial score (nSPS) is 11.8. The molecule has 0 bridgehead atoms. The van der Waals surface area contributed by atoms with Crippen molar-refractivity contribution in [1.29, 1.82) is 0 Å². The Labute approximate surface area is 86.9 Å². The van der Waals surface area contributed by atoms with Crippen LogP contribution in [0.1, 0.15) is 20.8 Å². The SMILES string of the molecule is CN(CNc1ccccc1)C(C)(C)C. The first-order chi connectivity index (χ1) is 6.50. The van der Waals surface area contributed by atoms with Crippen molar-refractivity contribution in [1.82, 2.24) is 4.90 Å². The van der Waals surface area contributed by atoms with Gasteiger partial charge in [-0.05, 0) is 40.0 Å². The number of benzene rings is 1. The zero-order valence-corrected chi connectivity index (χ0v) is 9.54. The molecule has 0 aliphatic heterocycles. The van der Waals surface area contributed by atoms with E-state index in [2.05, 4.69) is 50.2 Å². The van der Waals surface area contributed by atoms with E-state index in [1.807, 2.05) is 18.2 Å². The third-order valence-corrected chi connectivity index (χ3v) is 2.44. The number of anilines is 1. The number of hydrogen-bond acceptors (Lipinski definition) is 2. The Hall–Kier alpha value is -1.02. The Morgan fingerprint density at radius 3 is 2.21 bits per heavy atom. The van der Waals surface area contributed by atoms with Crippen molar-refractivity contribution in [3.63, 3.8) is 0 Å². The molecule has 0 fully saturated rings.